The van der Waals surface area contributed by atoms with Crippen LogP contribution in [0.5, 0.6) is 11.5 Å². The molecule has 1 N–H and O–H groups in total. The van der Waals surface area contributed by atoms with Crippen molar-refractivity contribution in [1.29, 1.82) is 0 Å². The number of urea groups is 1. The summed E-state index contributed by atoms with van der Waals surface area (Å²) in [6, 6.07) is 15.2. The van der Waals surface area contributed by atoms with Gasteiger partial charge in [-0.25, -0.2) is 4.79 Å². The van der Waals surface area contributed by atoms with Gasteiger partial charge in [0.2, 0.25) is 0 Å². The molecule has 2 amide bonds. The maximum absolute atomic E-state index is 12.5. The van der Waals surface area contributed by atoms with E-state index in [1.54, 1.807) is 24.5 Å². The highest BCUT2D eigenvalue weighted by molar-refractivity contribution is 5.88. The highest BCUT2D eigenvalue weighted by atomic mass is 16.5. The van der Waals surface area contributed by atoms with Crippen LogP contribution >= 0.6 is 0 Å². The predicted octanol–water partition coefficient (Wildman–Crippen LogP) is 4.93. The molecule has 1 atom stereocenters. The van der Waals surface area contributed by atoms with Gasteiger partial charge in [-0.2, -0.15) is 5.10 Å². The fourth-order valence-electron chi connectivity index (χ4n) is 3.54. The number of ether oxygens (including phenoxy) is 1. The molecule has 1 unspecified atom stereocenters. The largest absolute Gasteiger partial charge is 0.456 e. The summed E-state index contributed by atoms with van der Waals surface area (Å²) in [7, 11) is 0. The molecule has 31 heavy (non-hydrogen) atoms. The Balaban J connectivity index is 1.39. The summed E-state index contributed by atoms with van der Waals surface area (Å²) in [4.78, 5) is 18.6. The van der Waals surface area contributed by atoms with E-state index >= 15 is 0 Å². The Morgan fingerprint density at radius 2 is 2.10 bits per heavy atom. The first-order valence-electron chi connectivity index (χ1n) is 10.3. The standard InChI is InChI=1S/C24H25N5O2/c1-17-16-29(24(30)27-23-7-4-11-26-28-23)12-10-20(17)13-19-5-3-6-21(14-19)31-22-9-8-18(2)25-15-22/h3-9,11,13-15,17H,10,12,16H2,1-2H3,(H,27,28,30)/b20-13+. The molecule has 0 saturated carbocycles. The molecule has 1 fully saturated rings. The molecule has 4 rings (SSSR count). The zero-order chi connectivity index (χ0) is 21.6. The molecule has 2 aromatic heterocycles. The van der Waals surface area contributed by atoms with Crippen molar-refractivity contribution in [2.24, 2.45) is 5.92 Å². The number of nitrogens with one attached hydrogen (secondary N) is 1. The lowest BCUT2D eigenvalue weighted by atomic mass is 9.91. The highest BCUT2D eigenvalue weighted by Crippen LogP contribution is 2.27. The first-order valence-corrected chi connectivity index (χ1v) is 10.3. The number of aryl methyl sites for hydroxylation is 1. The van der Waals surface area contributed by atoms with Crippen LogP contribution in [-0.2, 0) is 0 Å². The summed E-state index contributed by atoms with van der Waals surface area (Å²) < 4.78 is 5.93. The molecular formula is C24H25N5O2. The van der Waals surface area contributed by atoms with Crippen LogP contribution in [0.15, 0.2) is 66.5 Å². The van der Waals surface area contributed by atoms with Gasteiger partial charge in [0, 0.05) is 25.0 Å². The minimum atomic E-state index is -0.145. The molecule has 3 heterocycles. The van der Waals surface area contributed by atoms with Gasteiger partial charge in [0.1, 0.15) is 11.5 Å². The van der Waals surface area contributed by atoms with Crippen LogP contribution in [0.3, 0.4) is 0 Å². The highest BCUT2D eigenvalue weighted by Gasteiger charge is 2.24. The van der Waals surface area contributed by atoms with Gasteiger partial charge in [-0.1, -0.05) is 30.7 Å². The van der Waals surface area contributed by atoms with Crippen LogP contribution in [0.2, 0.25) is 0 Å². The molecule has 7 heteroatoms. The van der Waals surface area contributed by atoms with Crippen LogP contribution in [-0.4, -0.2) is 39.2 Å². The summed E-state index contributed by atoms with van der Waals surface area (Å²) >= 11 is 0. The van der Waals surface area contributed by atoms with Crippen LogP contribution in [0.1, 0.15) is 24.6 Å². The van der Waals surface area contributed by atoms with E-state index in [4.69, 9.17) is 4.74 Å². The summed E-state index contributed by atoms with van der Waals surface area (Å²) in [6.07, 6.45) is 6.32. The summed E-state index contributed by atoms with van der Waals surface area (Å²) in [5.74, 6) is 2.20. The minimum Gasteiger partial charge on any atom is -0.456 e. The van der Waals surface area contributed by atoms with Crippen molar-refractivity contribution in [3.8, 4) is 11.5 Å². The van der Waals surface area contributed by atoms with Crippen molar-refractivity contribution in [2.45, 2.75) is 20.3 Å². The molecule has 1 aliphatic heterocycles. The Kier molecular flexibility index (Phi) is 6.21. The second-order valence-corrected chi connectivity index (χ2v) is 7.67. The monoisotopic (exact) mass is 415 g/mol. The lowest BCUT2D eigenvalue weighted by Gasteiger charge is -2.33. The quantitative estimate of drug-likeness (QED) is 0.653. The number of pyridine rings is 1. The second kappa shape index (κ2) is 9.38. The second-order valence-electron chi connectivity index (χ2n) is 7.67. The number of hydrogen-bond acceptors (Lipinski definition) is 5. The normalized spacial score (nSPS) is 17.4. The number of benzene rings is 1. The van der Waals surface area contributed by atoms with E-state index in [0.29, 0.717) is 24.7 Å². The first-order chi connectivity index (χ1) is 15.1. The number of aromatic nitrogens is 3. The average Bonchev–Trinajstić information content (AvgIpc) is 2.78. The zero-order valence-corrected chi connectivity index (χ0v) is 17.7. The average molecular weight is 415 g/mol. The molecule has 1 aliphatic rings. The van der Waals surface area contributed by atoms with Gasteiger partial charge < -0.3 is 9.64 Å². The number of piperidine rings is 1. The van der Waals surface area contributed by atoms with Crippen molar-refractivity contribution < 1.29 is 9.53 Å². The lowest BCUT2D eigenvalue weighted by Crippen LogP contribution is -2.42. The maximum atomic E-state index is 12.5. The van der Waals surface area contributed by atoms with E-state index in [1.165, 1.54) is 5.57 Å². The Morgan fingerprint density at radius 1 is 1.19 bits per heavy atom. The van der Waals surface area contributed by atoms with Gasteiger partial charge in [0.05, 0.1) is 6.20 Å². The number of carbonyl (C=O) groups is 1. The van der Waals surface area contributed by atoms with Crippen LogP contribution < -0.4 is 10.1 Å². The minimum absolute atomic E-state index is 0.145. The van der Waals surface area contributed by atoms with Crippen LogP contribution in [0, 0.1) is 12.8 Å². The number of rotatable bonds is 4. The van der Waals surface area contributed by atoms with Crippen molar-refractivity contribution in [3.63, 3.8) is 0 Å². The number of likely N-dealkylation sites (tertiary alicyclic amines) is 1. The van der Waals surface area contributed by atoms with E-state index in [1.807, 2.05) is 42.2 Å². The van der Waals surface area contributed by atoms with Crippen molar-refractivity contribution in [3.05, 3.63) is 77.8 Å². The molecule has 0 aliphatic carbocycles. The molecule has 0 spiro atoms. The van der Waals surface area contributed by atoms with Gasteiger partial charge in [-0.05, 0) is 61.2 Å². The van der Waals surface area contributed by atoms with Crippen LogP contribution in [0.25, 0.3) is 6.08 Å². The fraction of sp³-hybridized carbons (Fsp3) is 0.250. The molecule has 0 bridgehead atoms. The van der Waals surface area contributed by atoms with Crippen molar-refractivity contribution in [1.82, 2.24) is 20.1 Å². The van der Waals surface area contributed by atoms with Gasteiger partial charge in [-0.3, -0.25) is 10.3 Å². The number of hydrogen-bond donors (Lipinski definition) is 1. The van der Waals surface area contributed by atoms with E-state index in [2.05, 4.69) is 39.6 Å². The molecule has 158 valence electrons. The Labute approximate surface area is 181 Å². The van der Waals surface area contributed by atoms with E-state index in [-0.39, 0.29) is 11.9 Å². The van der Waals surface area contributed by atoms with Crippen LogP contribution in [0.4, 0.5) is 10.6 Å². The summed E-state index contributed by atoms with van der Waals surface area (Å²) in [6.45, 7) is 5.41. The van der Waals surface area contributed by atoms with Gasteiger partial charge in [-0.15, -0.1) is 5.10 Å². The zero-order valence-electron chi connectivity index (χ0n) is 17.7. The Bertz CT molecular complexity index is 1070. The van der Waals surface area contributed by atoms with E-state index in [0.717, 1.165) is 23.4 Å². The Morgan fingerprint density at radius 3 is 2.84 bits per heavy atom. The number of nitrogens with zero attached hydrogens (tertiary/aromatic N) is 4. The van der Waals surface area contributed by atoms with Crippen molar-refractivity contribution >= 4 is 17.9 Å². The fourth-order valence-corrected chi connectivity index (χ4v) is 3.54. The molecule has 3 aromatic rings. The molecule has 0 radical (unpaired) electrons. The first kappa shape index (κ1) is 20.5. The van der Waals surface area contributed by atoms with Crippen molar-refractivity contribution in [2.75, 3.05) is 18.4 Å². The number of carbonyl (C=O) groups excluding carboxylic acids is 1. The van der Waals surface area contributed by atoms with Gasteiger partial charge in [0.25, 0.3) is 0 Å². The van der Waals surface area contributed by atoms with Gasteiger partial charge in [0.15, 0.2) is 5.82 Å². The molecular weight excluding hydrogens is 390 g/mol. The van der Waals surface area contributed by atoms with E-state index < -0.39 is 0 Å². The third-order valence-corrected chi connectivity index (χ3v) is 5.22. The number of amides is 2. The molecule has 1 saturated heterocycles. The lowest BCUT2D eigenvalue weighted by molar-refractivity contribution is 0.197. The van der Waals surface area contributed by atoms with Gasteiger partial charge >= 0.3 is 6.03 Å². The maximum Gasteiger partial charge on any atom is 0.323 e. The molecule has 7 nitrogen and oxygen atoms in total. The SMILES string of the molecule is Cc1ccc(Oc2cccc(/C=C3\CCN(C(=O)Nc4cccnn4)CC3C)c2)cn1. The smallest absolute Gasteiger partial charge is 0.323 e. The Hall–Kier alpha value is -3.74. The topological polar surface area (TPSA) is 80.2 Å². The number of anilines is 1. The summed E-state index contributed by atoms with van der Waals surface area (Å²) in [5.41, 5.74) is 3.35. The third kappa shape index (κ3) is 5.45. The summed E-state index contributed by atoms with van der Waals surface area (Å²) in [5, 5.41) is 10.5. The van der Waals surface area contributed by atoms with E-state index in [9.17, 15) is 4.79 Å². The molecule has 1 aromatic carbocycles. The predicted molar refractivity (Wildman–Crippen MR) is 120 cm³/mol. The third-order valence-electron chi connectivity index (χ3n) is 5.22.